The van der Waals surface area contributed by atoms with Gasteiger partial charge in [-0.2, -0.15) is 0 Å². The van der Waals surface area contributed by atoms with Gasteiger partial charge in [0.15, 0.2) is 0 Å². The normalized spacial score (nSPS) is 10.3. The van der Waals surface area contributed by atoms with Gasteiger partial charge in [-0.05, 0) is 0 Å². The Morgan fingerprint density at radius 2 is 2.10 bits per heavy atom. The van der Waals surface area contributed by atoms with Gasteiger partial charge in [-0.15, -0.1) is 10.2 Å². The van der Waals surface area contributed by atoms with Crippen LogP contribution in [-0.2, 0) is 6.54 Å². The zero-order valence-electron chi connectivity index (χ0n) is 11.1. The molecule has 0 saturated heterocycles. The average Bonchev–Trinajstić information content (AvgIpc) is 2.95. The molecule has 0 atom stereocenters. The molecular weight excluding hydrogens is 276 g/mol. The minimum absolute atomic E-state index is 0.0547. The Morgan fingerprint density at radius 1 is 1.35 bits per heavy atom. The molecule has 6 nitrogen and oxygen atoms in total. The van der Waals surface area contributed by atoms with E-state index in [2.05, 4.69) is 15.5 Å². The number of urea groups is 1. The number of aliphatic hydroxyl groups is 1. The standard InChI is InChI=1S/C13H16N4O2S/c1-17(7-8-18)13(19)14-9-11-15-16-12(20-11)10-5-3-2-4-6-10/h2-6,18H,7-9H2,1H3,(H,14,19). The first-order chi connectivity index (χ1) is 9.70. The maximum atomic E-state index is 11.6. The van der Waals surface area contributed by atoms with E-state index in [1.54, 1.807) is 7.05 Å². The largest absolute Gasteiger partial charge is 0.395 e. The predicted molar refractivity (Wildman–Crippen MR) is 77.3 cm³/mol. The topological polar surface area (TPSA) is 78.4 Å². The fourth-order valence-electron chi connectivity index (χ4n) is 1.56. The molecule has 0 aliphatic carbocycles. The van der Waals surface area contributed by atoms with Crippen LogP contribution >= 0.6 is 11.3 Å². The molecule has 2 N–H and O–H groups in total. The molecule has 0 aliphatic heterocycles. The van der Waals surface area contributed by atoms with E-state index in [9.17, 15) is 4.79 Å². The van der Waals surface area contributed by atoms with E-state index in [1.807, 2.05) is 30.3 Å². The predicted octanol–water partition coefficient (Wildman–Crippen LogP) is 1.34. The van der Waals surface area contributed by atoms with Crippen molar-refractivity contribution in [1.82, 2.24) is 20.4 Å². The summed E-state index contributed by atoms with van der Waals surface area (Å²) in [5.41, 5.74) is 1.01. The lowest BCUT2D eigenvalue weighted by atomic mass is 10.2. The van der Waals surface area contributed by atoms with E-state index in [0.29, 0.717) is 13.1 Å². The first-order valence-corrected chi connectivity index (χ1v) is 7.00. The second-order valence-corrected chi connectivity index (χ2v) is 5.23. The number of likely N-dealkylation sites (N-methyl/N-ethyl adjacent to an activating group) is 1. The SMILES string of the molecule is CN(CCO)C(=O)NCc1nnc(-c2ccccc2)s1. The first-order valence-electron chi connectivity index (χ1n) is 6.18. The number of rotatable bonds is 5. The van der Waals surface area contributed by atoms with Gasteiger partial charge in [-0.1, -0.05) is 41.7 Å². The Bertz CT molecular complexity index is 559. The maximum Gasteiger partial charge on any atom is 0.317 e. The number of nitrogens with one attached hydrogen (secondary N) is 1. The fourth-order valence-corrected chi connectivity index (χ4v) is 2.34. The minimum Gasteiger partial charge on any atom is -0.395 e. The van der Waals surface area contributed by atoms with Crippen molar-refractivity contribution in [2.45, 2.75) is 6.54 Å². The smallest absolute Gasteiger partial charge is 0.317 e. The number of hydrogen-bond acceptors (Lipinski definition) is 5. The molecule has 0 fully saturated rings. The second kappa shape index (κ2) is 6.97. The van der Waals surface area contributed by atoms with Crippen molar-refractivity contribution in [2.75, 3.05) is 20.2 Å². The van der Waals surface area contributed by atoms with E-state index in [4.69, 9.17) is 5.11 Å². The number of aromatic nitrogens is 2. The van der Waals surface area contributed by atoms with Crippen LogP contribution in [-0.4, -0.2) is 46.4 Å². The number of amides is 2. The van der Waals surface area contributed by atoms with Gasteiger partial charge in [0.1, 0.15) is 10.0 Å². The highest BCUT2D eigenvalue weighted by molar-refractivity contribution is 7.14. The number of carbonyl (C=O) groups excluding carboxylic acids is 1. The molecule has 7 heteroatoms. The Labute approximate surface area is 121 Å². The van der Waals surface area contributed by atoms with Crippen LogP contribution in [0.3, 0.4) is 0 Å². The van der Waals surface area contributed by atoms with E-state index in [1.165, 1.54) is 16.2 Å². The highest BCUT2D eigenvalue weighted by Gasteiger charge is 2.10. The van der Waals surface area contributed by atoms with Gasteiger partial charge in [0, 0.05) is 19.2 Å². The van der Waals surface area contributed by atoms with Crippen LogP contribution in [0.2, 0.25) is 0 Å². The second-order valence-electron chi connectivity index (χ2n) is 4.17. The van der Waals surface area contributed by atoms with E-state index >= 15 is 0 Å². The van der Waals surface area contributed by atoms with E-state index in [0.717, 1.165) is 15.6 Å². The quantitative estimate of drug-likeness (QED) is 0.871. The summed E-state index contributed by atoms with van der Waals surface area (Å²) in [5, 5.41) is 21.2. The highest BCUT2D eigenvalue weighted by Crippen LogP contribution is 2.22. The average molecular weight is 292 g/mol. The monoisotopic (exact) mass is 292 g/mol. The molecule has 2 rings (SSSR count). The van der Waals surface area contributed by atoms with Crippen molar-refractivity contribution in [1.29, 1.82) is 0 Å². The van der Waals surface area contributed by atoms with Crippen molar-refractivity contribution in [3.05, 3.63) is 35.3 Å². The van der Waals surface area contributed by atoms with E-state index < -0.39 is 0 Å². The summed E-state index contributed by atoms with van der Waals surface area (Å²) in [7, 11) is 1.63. The van der Waals surface area contributed by atoms with Crippen LogP contribution in [0.4, 0.5) is 4.79 Å². The Morgan fingerprint density at radius 3 is 2.80 bits per heavy atom. The van der Waals surface area contributed by atoms with Crippen LogP contribution in [0.25, 0.3) is 10.6 Å². The molecule has 1 aromatic heterocycles. The number of nitrogens with zero attached hydrogens (tertiary/aromatic N) is 3. The molecule has 106 valence electrons. The lowest BCUT2D eigenvalue weighted by molar-refractivity contribution is 0.190. The number of aliphatic hydroxyl groups excluding tert-OH is 1. The van der Waals surface area contributed by atoms with Crippen LogP contribution in [0, 0.1) is 0 Å². The summed E-state index contributed by atoms with van der Waals surface area (Å²) in [6.45, 7) is 0.581. The molecule has 0 aliphatic rings. The summed E-state index contributed by atoms with van der Waals surface area (Å²) >= 11 is 1.45. The van der Waals surface area contributed by atoms with Gasteiger partial charge in [-0.3, -0.25) is 0 Å². The summed E-state index contributed by atoms with van der Waals surface area (Å²) in [4.78, 5) is 13.1. The first kappa shape index (κ1) is 14.4. The Hall–Kier alpha value is -1.99. The van der Waals surface area contributed by atoms with Gasteiger partial charge in [0.25, 0.3) is 0 Å². The number of benzene rings is 1. The third-order valence-electron chi connectivity index (χ3n) is 2.66. The molecule has 0 bridgehead atoms. The molecule has 1 aromatic carbocycles. The Kier molecular flexibility index (Phi) is 5.03. The minimum atomic E-state index is -0.240. The van der Waals surface area contributed by atoms with Gasteiger partial charge in [0.2, 0.25) is 0 Å². The van der Waals surface area contributed by atoms with Crippen molar-refractivity contribution in [3.63, 3.8) is 0 Å². The lowest BCUT2D eigenvalue weighted by Gasteiger charge is -2.15. The lowest BCUT2D eigenvalue weighted by Crippen LogP contribution is -2.38. The van der Waals surface area contributed by atoms with Gasteiger partial charge >= 0.3 is 6.03 Å². The molecule has 2 amide bonds. The molecule has 2 aromatic rings. The van der Waals surface area contributed by atoms with Gasteiger partial charge < -0.3 is 15.3 Å². The van der Waals surface area contributed by atoms with Crippen LogP contribution in [0.15, 0.2) is 30.3 Å². The third-order valence-corrected chi connectivity index (χ3v) is 3.63. The zero-order chi connectivity index (χ0) is 14.4. The van der Waals surface area contributed by atoms with Crippen molar-refractivity contribution in [3.8, 4) is 10.6 Å². The van der Waals surface area contributed by atoms with Crippen LogP contribution < -0.4 is 5.32 Å². The fraction of sp³-hybridized carbons (Fsp3) is 0.308. The summed E-state index contributed by atoms with van der Waals surface area (Å²) in [6.07, 6.45) is 0. The molecule has 1 heterocycles. The van der Waals surface area contributed by atoms with Crippen LogP contribution in [0.5, 0.6) is 0 Å². The zero-order valence-corrected chi connectivity index (χ0v) is 11.9. The van der Waals surface area contributed by atoms with E-state index in [-0.39, 0.29) is 12.6 Å². The molecule has 0 unspecified atom stereocenters. The maximum absolute atomic E-state index is 11.6. The molecule has 0 spiro atoms. The van der Waals surface area contributed by atoms with Crippen molar-refractivity contribution >= 4 is 17.4 Å². The number of carbonyl (C=O) groups is 1. The summed E-state index contributed by atoms with van der Waals surface area (Å²) in [5.74, 6) is 0. The third kappa shape index (κ3) is 3.75. The number of hydrogen-bond donors (Lipinski definition) is 2. The van der Waals surface area contributed by atoms with Crippen molar-refractivity contribution in [2.24, 2.45) is 0 Å². The molecule has 0 radical (unpaired) electrons. The summed E-state index contributed by atoms with van der Waals surface area (Å²) < 4.78 is 0. The molecule has 20 heavy (non-hydrogen) atoms. The summed E-state index contributed by atoms with van der Waals surface area (Å²) in [6, 6.07) is 9.54. The highest BCUT2D eigenvalue weighted by atomic mass is 32.1. The van der Waals surface area contributed by atoms with Gasteiger partial charge in [0.05, 0.1) is 13.2 Å². The van der Waals surface area contributed by atoms with Crippen LogP contribution in [0.1, 0.15) is 5.01 Å². The molecule has 0 saturated carbocycles. The van der Waals surface area contributed by atoms with Crippen molar-refractivity contribution < 1.29 is 9.90 Å². The van der Waals surface area contributed by atoms with Gasteiger partial charge in [-0.25, -0.2) is 4.79 Å². The Balaban J connectivity index is 1.92. The molecular formula is C13H16N4O2S.